The normalized spacial score (nSPS) is 22.0. The Labute approximate surface area is 181 Å². The summed E-state index contributed by atoms with van der Waals surface area (Å²) in [6, 6.07) is 1.37. The van der Waals surface area contributed by atoms with Crippen LogP contribution in [-0.4, -0.2) is 45.7 Å². The zero-order valence-electron chi connectivity index (χ0n) is 18.0. The Morgan fingerprint density at radius 1 is 1.10 bits per heavy atom. The van der Waals surface area contributed by atoms with Crippen LogP contribution in [0.4, 0.5) is 4.39 Å². The van der Waals surface area contributed by atoms with Crippen molar-refractivity contribution in [3.05, 3.63) is 36.0 Å². The van der Waals surface area contributed by atoms with E-state index in [9.17, 15) is 9.18 Å². The van der Waals surface area contributed by atoms with Gasteiger partial charge in [-0.2, -0.15) is 0 Å². The maximum absolute atomic E-state index is 14.6. The molecule has 8 heteroatoms. The monoisotopic (exact) mass is 428 g/mol. The summed E-state index contributed by atoms with van der Waals surface area (Å²) in [7, 11) is 0. The third kappa shape index (κ3) is 5.97. The Kier molecular flexibility index (Phi) is 6.75. The molecule has 2 heterocycles. The number of pyridine rings is 1. The molecule has 0 saturated heterocycles. The van der Waals surface area contributed by atoms with Gasteiger partial charge in [0.05, 0.1) is 12.7 Å². The van der Waals surface area contributed by atoms with E-state index in [2.05, 4.69) is 20.3 Å². The molecule has 0 bridgehead atoms. The lowest BCUT2D eigenvalue weighted by atomic mass is 9.95. The van der Waals surface area contributed by atoms with Crippen LogP contribution in [-0.2, 0) is 9.53 Å². The fourth-order valence-corrected chi connectivity index (χ4v) is 3.89. The van der Waals surface area contributed by atoms with Crippen LogP contribution < -0.4 is 10.1 Å². The van der Waals surface area contributed by atoms with Crippen molar-refractivity contribution in [1.29, 1.82) is 0 Å². The first-order chi connectivity index (χ1) is 15.0. The van der Waals surface area contributed by atoms with Crippen molar-refractivity contribution in [2.24, 2.45) is 0 Å². The number of nitrogens with zero attached hydrogens (tertiary/aromatic N) is 3. The molecule has 1 N–H and O–H groups in total. The van der Waals surface area contributed by atoms with Crippen LogP contribution in [0.5, 0.6) is 5.88 Å². The zero-order valence-corrected chi connectivity index (χ0v) is 18.0. The number of nitrogens with one attached hydrogen (secondary N) is 1. The predicted molar refractivity (Wildman–Crippen MR) is 113 cm³/mol. The Balaban J connectivity index is 1.26. The van der Waals surface area contributed by atoms with Crippen molar-refractivity contribution in [1.82, 2.24) is 20.3 Å². The molecule has 1 amide bonds. The highest BCUT2D eigenvalue weighted by atomic mass is 19.1. The number of hydrogen-bond donors (Lipinski definition) is 1. The highest BCUT2D eigenvalue weighted by Crippen LogP contribution is 2.39. The third-order valence-corrected chi connectivity index (χ3v) is 5.72. The molecule has 0 radical (unpaired) electrons. The molecule has 0 aromatic carbocycles. The lowest BCUT2D eigenvalue weighted by Crippen LogP contribution is -2.37. The van der Waals surface area contributed by atoms with Gasteiger partial charge in [-0.15, -0.1) is 0 Å². The minimum absolute atomic E-state index is 0.0157. The summed E-state index contributed by atoms with van der Waals surface area (Å²) in [5.41, 5.74) is 1.68. The number of amides is 1. The van der Waals surface area contributed by atoms with Crippen LogP contribution in [0.25, 0.3) is 11.4 Å². The van der Waals surface area contributed by atoms with Gasteiger partial charge in [0.1, 0.15) is 6.10 Å². The number of carbonyl (C=O) groups is 1. The van der Waals surface area contributed by atoms with Gasteiger partial charge < -0.3 is 14.8 Å². The summed E-state index contributed by atoms with van der Waals surface area (Å²) in [5.74, 6) is 0.502. The first kappa shape index (κ1) is 21.6. The van der Waals surface area contributed by atoms with Crippen molar-refractivity contribution < 1.29 is 18.7 Å². The lowest BCUT2D eigenvalue weighted by Gasteiger charge is -2.29. The second kappa shape index (κ2) is 9.68. The fourth-order valence-electron chi connectivity index (χ4n) is 3.89. The topological polar surface area (TPSA) is 86.2 Å². The van der Waals surface area contributed by atoms with Crippen molar-refractivity contribution in [2.45, 2.75) is 76.5 Å². The van der Waals surface area contributed by atoms with E-state index < -0.39 is 5.82 Å². The SMILES string of the molecule is CC(=O)N[C@@H](C)CO[C@H]1CC[C@H](Oc2ncc(-c3ncc(C4CC4)cn3)cc2F)CC1. The third-order valence-electron chi connectivity index (χ3n) is 5.72. The van der Waals surface area contributed by atoms with Gasteiger partial charge in [-0.3, -0.25) is 4.79 Å². The van der Waals surface area contributed by atoms with Crippen LogP contribution in [0.1, 0.15) is 63.9 Å². The Morgan fingerprint density at radius 2 is 1.77 bits per heavy atom. The summed E-state index contributed by atoms with van der Waals surface area (Å²) in [5, 5.41) is 2.81. The maximum Gasteiger partial charge on any atom is 0.250 e. The Hall–Kier alpha value is -2.61. The van der Waals surface area contributed by atoms with Crippen LogP contribution in [0.15, 0.2) is 24.7 Å². The first-order valence-corrected chi connectivity index (χ1v) is 11.0. The van der Waals surface area contributed by atoms with Crippen molar-refractivity contribution in [2.75, 3.05) is 6.61 Å². The molecule has 2 aliphatic carbocycles. The molecule has 166 valence electrons. The van der Waals surface area contributed by atoms with E-state index in [1.807, 2.05) is 19.3 Å². The number of halogens is 1. The van der Waals surface area contributed by atoms with Crippen molar-refractivity contribution in [3.63, 3.8) is 0 Å². The molecule has 7 nitrogen and oxygen atoms in total. The molecule has 4 rings (SSSR count). The Bertz CT molecular complexity index is 896. The summed E-state index contributed by atoms with van der Waals surface area (Å²) >= 11 is 0. The van der Waals surface area contributed by atoms with E-state index in [4.69, 9.17) is 9.47 Å². The largest absolute Gasteiger partial charge is 0.472 e. The predicted octanol–water partition coefficient (Wildman–Crippen LogP) is 3.79. The standard InChI is InChI=1S/C23H29FN4O3/c1-14(28-15(2)29)13-30-19-5-7-20(8-6-19)31-23-21(24)9-17(10-27-23)22-25-11-18(12-26-22)16-3-4-16/h9-12,14,16,19-20H,3-8,13H2,1-2H3,(H,28,29)/t14-,19-,20-/m0/s1. The van der Waals surface area contributed by atoms with E-state index in [-0.39, 0.29) is 30.0 Å². The smallest absolute Gasteiger partial charge is 0.250 e. The van der Waals surface area contributed by atoms with Gasteiger partial charge in [0.2, 0.25) is 5.91 Å². The summed E-state index contributed by atoms with van der Waals surface area (Å²) < 4.78 is 26.3. The number of carbonyl (C=O) groups excluding carboxylic acids is 1. The van der Waals surface area contributed by atoms with Gasteiger partial charge in [0.15, 0.2) is 11.6 Å². The van der Waals surface area contributed by atoms with Gasteiger partial charge >= 0.3 is 0 Å². The van der Waals surface area contributed by atoms with Crippen LogP contribution >= 0.6 is 0 Å². The van der Waals surface area contributed by atoms with Crippen molar-refractivity contribution in [3.8, 4) is 17.3 Å². The van der Waals surface area contributed by atoms with E-state index in [1.165, 1.54) is 25.8 Å². The molecular formula is C23H29FN4O3. The number of hydrogen-bond acceptors (Lipinski definition) is 6. The van der Waals surface area contributed by atoms with Crippen LogP contribution in [0, 0.1) is 5.82 Å². The molecule has 31 heavy (non-hydrogen) atoms. The van der Waals surface area contributed by atoms with Crippen LogP contribution in [0.3, 0.4) is 0 Å². The van der Waals surface area contributed by atoms with Gasteiger partial charge in [-0.25, -0.2) is 19.3 Å². The van der Waals surface area contributed by atoms with E-state index >= 15 is 0 Å². The minimum atomic E-state index is -0.505. The molecule has 2 aliphatic rings. The van der Waals surface area contributed by atoms with Crippen LogP contribution in [0.2, 0.25) is 0 Å². The summed E-state index contributed by atoms with van der Waals surface area (Å²) in [4.78, 5) is 24.0. The number of rotatable bonds is 8. The highest BCUT2D eigenvalue weighted by Gasteiger charge is 2.26. The van der Waals surface area contributed by atoms with E-state index in [1.54, 1.807) is 6.20 Å². The summed E-state index contributed by atoms with van der Waals surface area (Å²) in [6.45, 7) is 3.90. The van der Waals surface area contributed by atoms with Gasteiger partial charge in [-0.1, -0.05) is 0 Å². The average Bonchev–Trinajstić information content (AvgIpc) is 3.60. The molecular weight excluding hydrogens is 399 g/mol. The first-order valence-electron chi connectivity index (χ1n) is 11.0. The van der Waals surface area contributed by atoms with Gasteiger partial charge in [0.25, 0.3) is 5.88 Å². The fraction of sp³-hybridized carbons (Fsp3) is 0.565. The zero-order chi connectivity index (χ0) is 21.8. The minimum Gasteiger partial charge on any atom is -0.472 e. The van der Waals surface area contributed by atoms with E-state index in [0.29, 0.717) is 23.9 Å². The van der Waals surface area contributed by atoms with Crippen molar-refractivity contribution >= 4 is 5.91 Å². The lowest BCUT2D eigenvalue weighted by molar-refractivity contribution is -0.120. The molecule has 2 saturated carbocycles. The molecule has 2 aromatic heterocycles. The molecule has 0 spiro atoms. The van der Waals surface area contributed by atoms with Gasteiger partial charge in [0, 0.05) is 37.1 Å². The van der Waals surface area contributed by atoms with Gasteiger partial charge in [-0.05, 0) is 63.0 Å². The maximum atomic E-state index is 14.6. The quantitative estimate of drug-likeness (QED) is 0.689. The molecule has 2 fully saturated rings. The average molecular weight is 429 g/mol. The second-order valence-electron chi connectivity index (χ2n) is 8.58. The molecule has 1 atom stereocenters. The molecule has 0 aliphatic heterocycles. The summed E-state index contributed by atoms with van der Waals surface area (Å²) in [6.07, 6.45) is 10.8. The highest BCUT2D eigenvalue weighted by molar-refractivity contribution is 5.73. The molecule has 0 unspecified atom stereocenters. The number of aromatic nitrogens is 3. The molecule has 2 aromatic rings. The number of ether oxygens (including phenoxy) is 2. The Morgan fingerprint density at radius 3 is 2.39 bits per heavy atom. The van der Waals surface area contributed by atoms with E-state index in [0.717, 1.165) is 31.2 Å². The second-order valence-corrected chi connectivity index (χ2v) is 8.58.